The Kier molecular flexibility index (Phi) is 4.79. The van der Waals surface area contributed by atoms with Gasteiger partial charge in [-0.1, -0.05) is 6.07 Å². The summed E-state index contributed by atoms with van der Waals surface area (Å²) in [4.78, 5) is 22.2. The molecule has 1 aromatic carbocycles. The van der Waals surface area contributed by atoms with Crippen molar-refractivity contribution in [3.05, 3.63) is 23.8 Å². The lowest BCUT2D eigenvalue weighted by Gasteiger charge is -2.11. The maximum absolute atomic E-state index is 11.8. The summed E-state index contributed by atoms with van der Waals surface area (Å²) in [6.07, 6.45) is -0.888. The molecule has 0 bridgehead atoms. The summed E-state index contributed by atoms with van der Waals surface area (Å²) in [6, 6.07) is 4.91. The molecule has 0 aromatic heterocycles. The summed E-state index contributed by atoms with van der Waals surface area (Å²) in [7, 11) is 1.45. The van der Waals surface area contributed by atoms with Gasteiger partial charge in [-0.2, -0.15) is 0 Å². The smallest absolute Gasteiger partial charge is 0.404 e. The molecule has 0 fully saturated rings. The summed E-state index contributed by atoms with van der Waals surface area (Å²) >= 11 is 0. The Morgan fingerprint density at radius 1 is 1.39 bits per heavy atom. The van der Waals surface area contributed by atoms with E-state index in [2.05, 4.69) is 10.1 Å². The molecule has 1 aromatic rings. The number of anilines is 1. The van der Waals surface area contributed by atoms with E-state index in [1.165, 1.54) is 7.11 Å². The van der Waals surface area contributed by atoms with Gasteiger partial charge in [-0.25, -0.2) is 4.79 Å². The minimum Gasteiger partial charge on any atom is -0.496 e. The second kappa shape index (κ2) is 6.33. The topological polar surface area (TPSA) is 117 Å². The van der Waals surface area contributed by atoms with Gasteiger partial charge in [0.2, 0.25) is 0 Å². The standard InChI is InChI=1S/C11H15N3O4/c1-17-8-4-2-3-7(12)9(8)10(15)14-5-6-18-11(13)16/h2-4H,5-6,12H2,1H3,(H2,13,16)(H,14,15). The Morgan fingerprint density at radius 3 is 2.72 bits per heavy atom. The van der Waals surface area contributed by atoms with Crippen molar-refractivity contribution >= 4 is 17.7 Å². The maximum Gasteiger partial charge on any atom is 0.404 e. The van der Waals surface area contributed by atoms with E-state index in [0.717, 1.165) is 0 Å². The zero-order valence-electron chi connectivity index (χ0n) is 9.93. The summed E-state index contributed by atoms with van der Waals surface area (Å²) in [6.45, 7) is 0.134. The fourth-order valence-corrected chi connectivity index (χ4v) is 1.37. The highest BCUT2D eigenvalue weighted by molar-refractivity contribution is 6.01. The summed E-state index contributed by atoms with van der Waals surface area (Å²) in [5.74, 6) is -0.0265. The van der Waals surface area contributed by atoms with Crippen LogP contribution in [-0.4, -0.2) is 32.3 Å². The van der Waals surface area contributed by atoms with Gasteiger partial charge < -0.3 is 26.3 Å². The van der Waals surface area contributed by atoms with Gasteiger partial charge in [-0.3, -0.25) is 4.79 Å². The van der Waals surface area contributed by atoms with E-state index < -0.39 is 12.0 Å². The highest BCUT2D eigenvalue weighted by Crippen LogP contribution is 2.23. The van der Waals surface area contributed by atoms with E-state index in [-0.39, 0.29) is 18.7 Å². The van der Waals surface area contributed by atoms with Crippen molar-refractivity contribution in [2.75, 3.05) is 26.0 Å². The minimum absolute atomic E-state index is 0.00384. The Morgan fingerprint density at radius 2 is 2.11 bits per heavy atom. The van der Waals surface area contributed by atoms with Crippen molar-refractivity contribution < 1.29 is 19.1 Å². The number of carbonyl (C=O) groups is 2. The minimum atomic E-state index is -0.888. The zero-order chi connectivity index (χ0) is 13.5. The molecule has 18 heavy (non-hydrogen) atoms. The van der Waals surface area contributed by atoms with Gasteiger partial charge in [0, 0.05) is 5.69 Å². The van der Waals surface area contributed by atoms with Crippen LogP contribution in [-0.2, 0) is 4.74 Å². The van der Waals surface area contributed by atoms with Crippen molar-refractivity contribution in [1.29, 1.82) is 0 Å². The lowest BCUT2D eigenvalue weighted by atomic mass is 10.1. The van der Waals surface area contributed by atoms with Crippen LogP contribution in [0, 0.1) is 0 Å². The van der Waals surface area contributed by atoms with Crippen molar-refractivity contribution in [2.24, 2.45) is 5.73 Å². The fraction of sp³-hybridized carbons (Fsp3) is 0.273. The number of hydrogen-bond donors (Lipinski definition) is 3. The number of nitrogens with two attached hydrogens (primary N) is 2. The first-order valence-corrected chi connectivity index (χ1v) is 5.19. The Bertz CT molecular complexity index is 448. The molecule has 5 N–H and O–H groups in total. The number of benzene rings is 1. The predicted molar refractivity (Wildman–Crippen MR) is 65.3 cm³/mol. The Labute approximate surface area is 104 Å². The highest BCUT2D eigenvalue weighted by Gasteiger charge is 2.15. The third-order valence-corrected chi connectivity index (χ3v) is 2.14. The van der Waals surface area contributed by atoms with Crippen LogP contribution in [0.1, 0.15) is 10.4 Å². The van der Waals surface area contributed by atoms with Crippen molar-refractivity contribution in [1.82, 2.24) is 5.32 Å². The van der Waals surface area contributed by atoms with Gasteiger partial charge in [0.25, 0.3) is 5.91 Å². The van der Waals surface area contributed by atoms with Gasteiger partial charge in [0.05, 0.1) is 13.7 Å². The molecule has 0 radical (unpaired) electrons. The molecule has 7 heteroatoms. The van der Waals surface area contributed by atoms with E-state index in [4.69, 9.17) is 16.2 Å². The van der Waals surface area contributed by atoms with E-state index in [0.29, 0.717) is 11.4 Å². The molecule has 0 aliphatic heterocycles. The van der Waals surface area contributed by atoms with Gasteiger partial charge in [-0.15, -0.1) is 0 Å². The first-order valence-electron chi connectivity index (χ1n) is 5.19. The molecule has 0 unspecified atom stereocenters. The molecule has 0 atom stereocenters. The number of primary amides is 1. The molecule has 0 saturated carbocycles. The summed E-state index contributed by atoms with van der Waals surface area (Å²) < 4.78 is 9.52. The number of ether oxygens (including phenoxy) is 2. The van der Waals surface area contributed by atoms with Crippen LogP contribution in [0.3, 0.4) is 0 Å². The normalized spacial score (nSPS) is 9.61. The van der Waals surface area contributed by atoms with Crippen molar-refractivity contribution in [2.45, 2.75) is 0 Å². The van der Waals surface area contributed by atoms with Crippen LogP contribution in [0.2, 0.25) is 0 Å². The summed E-state index contributed by atoms with van der Waals surface area (Å²) in [5, 5.41) is 2.54. The monoisotopic (exact) mass is 253 g/mol. The number of hydrogen-bond acceptors (Lipinski definition) is 5. The SMILES string of the molecule is COc1cccc(N)c1C(=O)NCCOC(N)=O. The van der Waals surface area contributed by atoms with Gasteiger partial charge in [-0.05, 0) is 12.1 Å². The molecule has 2 amide bonds. The van der Waals surface area contributed by atoms with E-state index in [1.807, 2.05) is 0 Å². The van der Waals surface area contributed by atoms with Crippen LogP contribution in [0.15, 0.2) is 18.2 Å². The van der Waals surface area contributed by atoms with E-state index in [1.54, 1.807) is 18.2 Å². The number of methoxy groups -OCH3 is 1. The van der Waals surface area contributed by atoms with E-state index in [9.17, 15) is 9.59 Å². The average Bonchev–Trinajstić information content (AvgIpc) is 2.33. The molecule has 98 valence electrons. The van der Waals surface area contributed by atoms with Gasteiger partial charge in [0.1, 0.15) is 17.9 Å². The lowest BCUT2D eigenvalue weighted by molar-refractivity contribution is 0.0934. The second-order valence-electron chi connectivity index (χ2n) is 3.35. The lowest BCUT2D eigenvalue weighted by Crippen LogP contribution is -2.29. The first kappa shape index (κ1) is 13.6. The molecule has 0 spiro atoms. The van der Waals surface area contributed by atoms with Crippen LogP contribution in [0.5, 0.6) is 5.75 Å². The molecule has 7 nitrogen and oxygen atoms in total. The van der Waals surface area contributed by atoms with Gasteiger partial charge >= 0.3 is 6.09 Å². The van der Waals surface area contributed by atoms with Crippen LogP contribution < -0.4 is 21.5 Å². The quantitative estimate of drug-likeness (QED) is 0.508. The third kappa shape index (κ3) is 3.55. The number of amides is 2. The number of rotatable bonds is 5. The Balaban J connectivity index is 2.64. The molecule has 0 aliphatic rings. The molecule has 0 heterocycles. The molecule has 0 saturated heterocycles. The number of nitrogens with one attached hydrogen (secondary N) is 1. The third-order valence-electron chi connectivity index (χ3n) is 2.14. The highest BCUT2D eigenvalue weighted by atomic mass is 16.5. The molecule has 1 rings (SSSR count). The van der Waals surface area contributed by atoms with Crippen molar-refractivity contribution in [3.8, 4) is 5.75 Å². The zero-order valence-corrected chi connectivity index (χ0v) is 9.93. The van der Waals surface area contributed by atoms with Crippen molar-refractivity contribution in [3.63, 3.8) is 0 Å². The summed E-state index contributed by atoms with van der Waals surface area (Å²) in [5.41, 5.74) is 11.0. The molecular weight excluding hydrogens is 238 g/mol. The fourth-order valence-electron chi connectivity index (χ4n) is 1.37. The molecule has 0 aliphatic carbocycles. The van der Waals surface area contributed by atoms with Crippen LogP contribution in [0.4, 0.5) is 10.5 Å². The van der Waals surface area contributed by atoms with Crippen LogP contribution in [0.25, 0.3) is 0 Å². The number of carbonyl (C=O) groups excluding carboxylic acids is 2. The molecular formula is C11H15N3O4. The maximum atomic E-state index is 11.8. The second-order valence-corrected chi connectivity index (χ2v) is 3.35. The predicted octanol–water partition coefficient (Wildman–Crippen LogP) is 0.102. The largest absolute Gasteiger partial charge is 0.496 e. The Hall–Kier alpha value is -2.44. The van der Waals surface area contributed by atoms with E-state index >= 15 is 0 Å². The average molecular weight is 253 g/mol. The first-order chi connectivity index (χ1) is 8.56. The van der Waals surface area contributed by atoms with Gasteiger partial charge in [0.15, 0.2) is 0 Å². The number of nitrogen functional groups attached to an aromatic ring is 1. The van der Waals surface area contributed by atoms with Crippen LogP contribution >= 0.6 is 0 Å².